The van der Waals surface area contributed by atoms with Crippen LogP contribution in [0.4, 0.5) is 0 Å². The number of halogens is 1. The van der Waals surface area contributed by atoms with Gasteiger partial charge < -0.3 is 0 Å². The molecule has 17 heavy (non-hydrogen) atoms. The van der Waals surface area contributed by atoms with Crippen LogP contribution in [0.15, 0.2) is 35.2 Å². The summed E-state index contributed by atoms with van der Waals surface area (Å²) in [6.45, 7) is 3.02. The molecule has 0 N–H and O–H groups in total. The van der Waals surface area contributed by atoms with Crippen LogP contribution in [0.5, 0.6) is 0 Å². The number of sulfonamides is 1. The molecule has 1 heterocycles. The Kier molecular flexibility index (Phi) is 3.76. The first-order chi connectivity index (χ1) is 8.01. The van der Waals surface area contributed by atoms with Crippen LogP contribution in [0.25, 0.3) is 0 Å². The lowest BCUT2D eigenvalue weighted by molar-refractivity contribution is 0.293. The highest BCUT2D eigenvalue weighted by molar-refractivity contribution is 7.89. The summed E-state index contributed by atoms with van der Waals surface area (Å²) in [5.74, 6) is 0.374. The van der Waals surface area contributed by atoms with Crippen LogP contribution in [0, 0.1) is 5.92 Å². The molecule has 2 unspecified atom stereocenters. The number of benzene rings is 1. The van der Waals surface area contributed by atoms with E-state index in [-0.39, 0.29) is 5.38 Å². The van der Waals surface area contributed by atoms with Crippen LogP contribution in [0.3, 0.4) is 0 Å². The van der Waals surface area contributed by atoms with Crippen LogP contribution < -0.4 is 0 Å². The Bertz CT molecular complexity index is 475. The first kappa shape index (κ1) is 12.9. The van der Waals surface area contributed by atoms with Gasteiger partial charge in [0.1, 0.15) is 0 Å². The van der Waals surface area contributed by atoms with E-state index in [9.17, 15) is 8.42 Å². The maximum atomic E-state index is 12.3. The molecule has 3 nitrogen and oxygen atoms in total. The summed E-state index contributed by atoms with van der Waals surface area (Å²) < 4.78 is 26.1. The predicted molar refractivity (Wildman–Crippen MR) is 68.6 cm³/mol. The number of hydrogen-bond donors (Lipinski definition) is 0. The van der Waals surface area contributed by atoms with Gasteiger partial charge in [-0.15, -0.1) is 11.6 Å². The monoisotopic (exact) mass is 273 g/mol. The molecule has 1 aromatic carbocycles. The number of rotatable bonds is 2. The average Bonchev–Trinajstić information content (AvgIpc) is 2.33. The van der Waals surface area contributed by atoms with Crippen molar-refractivity contribution in [2.24, 2.45) is 5.92 Å². The fourth-order valence-corrected chi connectivity index (χ4v) is 3.83. The van der Waals surface area contributed by atoms with Gasteiger partial charge in [0.05, 0.1) is 4.90 Å². The quantitative estimate of drug-likeness (QED) is 0.776. The summed E-state index contributed by atoms with van der Waals surface area (Å²) in [7, 11) is -3.37. The third-order valence-electron chi connectivity index (χ3n) is 3.21. The Labute approximate surface area is 107 Å². The van der Waals surface area contributed by atoms with E-state index in [0.717, 1.165) is 6.42 Å². The first-order valence-electron chi connectivity index (χ1n) is 5.71. The molecule has 1 aromatic rings. The van der Waals surface area contributed by atoms with Crippen LogP contribution in [0.2, 0.25) is 0 Å². The highest BCUT2D eigenvalue weighted by Gasteiger charge is 2.32. The van der Waals surface area contributed by atoms with Gasteiger partial charge in [0.25, 0.3) is 0 Å². The molecule has 2 atom stereocenters. The fraction of sp³-hybridized carbons (Fsp3) is 0.500. The molecule has 0 aliphatic carbocycles. The first-order valence-corrected chi connectivity index (χ1v) is 7.59. The molecular weight excluding hydrogens is 258 g/mol. The van der Waals surface area contributed by atoms with Crippen molar-refractivity contribution in [3.8, 4) is 0 Å². The molecule has 0 aromatic heterocycles. The normalized spacial score (nSPS) is 26.9. The molecule has 1 fully saturated rings. The molecule has 0 bridgehead atoms. The zero-order valence-electron chi connectivity index (χ0n) is 9.71. The number of alkyl halides is 1. The fourth-order valence-electron chi connectivity index (χ4n) is 1.95. The molecule has 2 rings (SSSR count). The summed E-state index contributed by atoms with van der Waals surface area (Å²) in [4.78, 5) is 0.346. The minimum absolute atomic E-state index is 0.0952. The van der Waals surface area contributed by atoms with Gasteiger partial charge >= 0.3 is 0 Å². The van der Waals surface area contributed by atoms with Crippen LogP contribution in [-0.2, 0) is 10.0 Å². The van der Waals surface area contributed by atoms with E-state index in [1.54, 1.807) is 24.3 Å². The van der Waals surface area contributed by atoms with Crippen molar-refractivity contribution in [2.75, 3.05) is 13.1 Å². The predicted octanol–water partition coefficient (Wildman–Crippen LogP) is 2.32. The Morgan fingerprint density at radius 2 is 1.94 bits per heavy atom. The van der Waals surface area contributed by atoms with Gasteiger partial charge in [0.2, 0.25) is 10.0 Å². The number of hydrogen-bond acceptors (Lipinski definition) is 2. The Morgan fingerprint density at radius 3 is 2.53 bits per heavy atom. The Balaban J connectivity index is 2.23. The van der Waals surface area contributed by atoms with E-state index in [1.165, 1.54) is 4.31 Å². The van der Waals surface area contributed by atoms with Crippen LogP contribution >= 0.6 is 11.6 Å². The van der Waals surface area contributed by atoms with E-state index in [0.29, 0.717) is 23.9 Å². The molecule has 1 aliphatic heterocycles. The lowest BCUT2D eigenvalue weighted by atomic mass is 10.0. The molecule has 94 valence electrons. The lowest BCUT2D eigenvalue weighted by Crippen LogP contribution is -2.43. The minimum atomic E-state index is -3.37. The van der Waals surface area contributed by atoms with Crippen molar-refractivity contribution in [3.63, 3.8) is 0 Å². The molecule has 1 saturated heterocycles. The largest absolute Gasteiger partial charge is 0.243 e. The van der Waals surface area contributed by atoms with Gasteiger partial charge in [-0.05, 0) is 24.5 Å². The zero-order chi connectivity index (χ0) is 12.5. The molecule has 0 radical (unpaired) electrons. The second-order valence-electron chi connectivity index (χ2n) is 4.46. The second-order valence-corrected chi connectivity index (χ2v) is 6.96. The summed E-state index contributed by atoms with van der Waals surface area (Å²) >= 11 is 6.15. The third kappa shape index (κ3) is 2.64. The van der Waals surface area contributed by atoms with Gasteiger partial charge in [-0.3, -0.25) is 0 Å². The molecule has 0 spiro atoms. The van der Waals surface area contributed by atoms with Crippen molar-refractivity contribution >= 4 is 21.6 Å². The highest BCUT2D eigenvalue weighted by atomic mass is 35.5. The Morgan fingerprint density at radius 1 is 1.29 bits per heavy atom. The third-order valence-corrected chi connectivity index (χ3v) is 5.66. The summed E-state index contributed by atoms with van der Waals surface area (Å²) in [6.07, 6.45) is 0.820. The van der Waals surface area contributed by atoms with Gasteiger partial charge in [-0.2, -0.15) is 4.31 Å². The highest BCUT2D eigenvalue weighted by Crippen LogP contribution is 2.26. The molecule has 0 amide bonds. The second kappa shape index (κ2) is 4.96. The van der Waals surface area contributed by atoms with Gasteiger partial charge in [-0.1, -0.05) is 25.1 Å². The Hall–Kier alpha value is -0.580. The molecule has 5 heteroatoms. The maximum absolute atomic E-state index is 12.3. The zero-order valence-corrected chi connectivity index (χ0v) is 11.3. The number of nitrogens with zero attached hydrogens (tertiary/aromatic N) is 1. The van der Waals surface area contributed by atoms with E-state index >= 15 is 0 Å². The van der Waals surface area contributed by atoms with Crippen LogP contribution in [-0.4, -0.2) is 31.2 Å². The lowest BCUT2D eigenvalue weighted by Gasteiger charge is -2.33. The minimum Gasteiger partial charge on any atom is -0.207 e. The van der Waals surface area contributed by atoms with Gasteiger partial charge in [-0.25, -0.2) is 8.42 Å². The van der Waals surface area contributed by atoms with Crippen molar-refractivity contribution in [2.45, 2.75) is 23.6 Å². The summed E-state index contributed by atoms with van der Waals surface area (Å²) in [5, 5.41) is -0.0952. The topological polar surface area (TPSA) is 37.4 Å². The summed E-state index contributed by atoms with van der Waals surface area (Å²) in [6, 6.07) is 8.52. The maximum Gasteiger partial charge on any atom is 0.243 e. The average molecular weight is 274 g/mol. The van der Waals surface area contributed by atoms with Crippen molar-refractivity contribution < 1.29 is 8.42 Å². The van der Waals surface area contributed by atoms with Crippen molar-refractivity contribution in [3.05, 3.63) is 30.3 Å². The molecule has 1 aliphatic rings. The SMILES string of the molecule is CC1CCN(S(=O)(=O)c2ccccc2)CC1Cl. The van der Waals surface area contributed by atoms with E-state index in [4.69, 9.17) is 11.6 Å². The van der Waals surface area contributed by atoms with E-state index < -0.39 is 10.0 Å². The standard InChI is InChI=1S/C12H16ClNO2S/c1-10-7-8-14(9-12(10)13)17(15,16)11-5-3-2-4-6-11/h2-6,10,12H,7-9H2,1H3. The molecular formula is C12H16ClNO2S. The van der Waals surface area contributed by atoms with E-state index in [1.807, 2.05) is 6.07 Å². The number of piperidine rings is 1. The van der Waals surface area contributed by atoms with E-state index in [2.05, 4.69) is 6.92 Å². The van der Waals surface area contributed by atoms with Gasteiger partial charge in [0, 0.05) is 18.5 Å². The van der Waals surface area contributed by atoms with Crippen molar-refractivity contribution in [1.82, 2.24) is 4.31 Å². The van der Waals surface area contributed by atoms with Gasteiger partial charge in [0.15, 0.2) is 0 Å². The van der Waals surface area contributed by atoms with Crippen LogP contribution in [0.1, 0.15) is 13.3 Å². The summed E-state index contributed by atoms with van der Waals surface area (Å²) in [5.41, 5.74) is 0. The smallest absolute Gasteiger partial charge is 0.207 e. The molecule has 0 saturated carbocycles. The van der Waals surface area contributed by atoms with Crippen molar-refractivity contribution in [1.29, 1.82) is 0 Å².